The topological polar surface area (TPSA) is 44.8 Å². The molecule has 3 unspecified atom stereocenters. The first-order valence-electron chi connectivity index (χ1n) is 6.24. The molecule has 1 aliphatic carbocycles. The SMILES string of the molecule is [CH2]CC1CCC(OC(C)=O)C(OCCOC)C1. The maximum atomic E-state index is 11.0. The van der Waals surface area contributed by atoms with Gasteiger partial charge in [0, 0.05) is 14.0 Å². The van der Waals surface area contributed by atoms with Gasteiger partial charge in [0.1, 0.15) is 6.10 Å². The van der Waals surface area contributed by atoms with Crippen LogP contribution in [-0.2, 0) is 19.0 Å². The minimum absolute atomic E-state index is 0.00505. The third kappa shape index (κ3) is 5.04. The van der Waals surface area contributed by atoms with Crippen molar-refractivity contribution in [2.75, 3.05) is 20.3 Å². The number of hydrogen-bond donors (Lipinski definition) is 0. The maximum Gasteiger partial charge on any atom is 0.302 e. The van der Waals surface area contributed by atoms with E-state index in [0.717, 1.165) is 25.7 Å². The average Bonchev–Trinajstić information content (AvgIpc) is 2.30. The van der Waals surface area contributed by atoms with Crippen molar-refractivity contribution in [2.45, 2.75) is 44.8 Å². The second-order valence-electron chi connectivity index (χ2n) is 4.52. The highest BCUT2D eigenvalue weighted by molar-refractivity contribution is 5.66. The molecule has 4 nitrogen and oxygen atoms in total. The van der Waals surface area contributed by atoms with Crippen LogP contribution >= 0.6 is 0 Å². The molecule has 0 aromatic rings. The number of esters is 1. The summed E-state index contributed by atoms with van der Waals surface area (Å²) in [5.41, 5.74) is 0. The van der Waals surface area contributed by atoms with Gasteiger partial charge in [-0.25, -0.2) is 0 Å². The molecular formula is C13H23O4. The van der Waals surface area contributed by atoms with E-state index in [2.05, 4.69) is 6.92 Å². The lowest BCUT2D eigenvalue weighted by Crippen LogP contribution is -2.39. The molecule has 4 heteroatoms. The summed E-state index contributed by atoms with van der Waals surface area (Å²) in [4.78, 5) is 11.0. The van der Waals surface area contributed by atoms with E-state index in [0.29, 0.717) is 19.1 Å². The molecule has 0 N–H and O–H groups in total. The molecule has 0 aromatic carbocycles. The largest absolute Gasteiger partial charge is 0.460 e. The van der Waals surface area contributed by atoms with Gasteiger partial charge in [-0.2, -0.15) is 0 Å². The zero-order valence-corrected chi connectivity index (χ0v) is 10.8. The summed E-state index contributed by atoms with van der Waals surface area (Å²) in [6.07, 6.45) is 3.66. The highest BCUT2D eigenvalue weighted by atomic mass is 16.6. The van der Waals surface area contributed by atoms with Gasteiger partial charge >= 0.3 is 5.97 Å². The number of methoxy groups -OCH3 is 1. The molecular weight excluding hydrogens is 220 g/mol. The predicted octanol–water partition coefficient (Wildman–Crippen LogP) is 1.97. The van der Waals surface area contributed by atoms with Gasteiger partial charge in [-0.1, -0.05) is 13.3 Å². The Kier molecular flexibility index (Phi) is 6.52. The summed E-state index contributed by atoms with van der Waals surface area (Å²) in [7, 11) is 1.65. The molecule has 1 radical (unpaired) electrons. The maximum absolute atomic E-state index is 11.0. The zero-order chi connectivity index (χ0) is 12.7. The van der Waals surface area contributed by atoms with Crippen LogP contribution in [0.15, 0.2) is 0 Å². The molecule has 1 saturated carbocycles. The smallest absolute Gasteiger partial charge is 0.302 e. The van der Waals surface area contributed by atoms with E-state index in [-0.39, 0.29) is 18.2 Å². The molecule has 0 saturated heterocycles. The molecule has 0 heterocycles. The van der Waals surface area contributed by atoms with E-state index in [4.69, 9.17) is 14.2 Å². The molecule has 0 amide bonds. The van der Waals surface area contributed by atoms with E-state index < -0.39 is 0 Å². The van der Waals surface area contributed by atoms with E-state index in [9.17, 15) is 4.79 Å². The van der Waals surface area contributed by atoms with Gasteiger partial charge in [0.05, 0.1) is 19.3 Å². The minimum Gasteiger partial charge on any atom is -0.460 e. The van der Waals surface area contributed by atoms with Crippen molar-refractivity contribution < 1.29 is 19.0 Å². The standard InChI is InChI=1S/C13H23O4/c1-4-11-5-6-12(17-10(2)14)13(9-11)16-8-7-15-3/h11-13H,1,4-9H2,2-3H3. The highest BCUT2D eigenvalue weighted by Crippen LogP contribution is 2.30. The molecule has 17 heavy (non-hydrogen) atoms. The Morgan fingerprint density at radius 1 is 1.29 bits per heavy atom. The van der Waals surface area contributed by atoms with Crippen LogP contribution in [0.2, 0.25) is 0 Å². The Hall–Kier alpha value is -0.610. The van der Waals surface area contributed by atoms with Crippen molar-refractivity contribution in [3.8, 4) is 0 Å². The Morgan fingerprint density at radius 3 is 2.65 bits per heavy atom. The van der Waals surface area contributed by atoms with Crippen LogP contribution < -0.4 is 0 Å². The van der Waals surface area contributed by atoms with Crippen molar-refractivity contribution in [1.29, 1.82) is 0 Å². The van der Waals surface area contributed by atoms with Crippen LogP contribution in [0, 0.1) is 12.8 Å². The van der Waals surface area contributed by atoms with E-state index in [1.165, 1.54) is 6.92 Å². The Balaban J connectivity index is 2.45. The lowest BCUT2D eigenvalue weighted by atomic mass is 9.83. The summed E-state index contributed by atoms with van der Waals surface area (Å²) in [6.45, 7) is 6.49. The Labute approximate surface area is 104 Å². The number of rotatable bonds is 6. The van der Waals surface area contributed by atoms with Crippen LogP contribution in [0.3, 0.4) is 0 Å². The van der Waals surface area contributed by atoms with Crippen LogP contribution in [0.4, 0.5) is 0 Å². The van der Waals surface area contributed by atoms with Gasteiger partial charge in [0.25, 0.3) is 0 Å². The normalized spacial score (nSPS) is 29.0. The number of ether oxygens (including phenoxy) is 3. The van der Waals surface area contributed by atoms with E-state index in [1.54, 1.807) is 7.11 Å². The van der Waals surface area contributed by atoms with Gasteiger partial charge in [-0.3, -0.25) is 4.79 Å². The quantitative estimate of drug-likeness (QED) is 0.528. The van der Waals surface area contributed by atoms with Gasteiger partial charge in [-0.15, -0.1) is 0 Å². The third-order valence-corrected chi connectivity index (χ3v) is 3.18. The second kappa shape index (κ2) is 7.67. The summed E-state index contributed by atoms with van der Waals surface area (Å²) in [5.74, 6) is 0.345. The molecule has 0 spiro atoms. The molecule has 1 aliphatic rings. The monoisotopic (exact) mass is 243 g/mol. The van der Waals surface area contributed by atoms with Gasteiger partial charge in [0.15, 0.2) is 0 Å². The van der Waals surface area contributed by atoms with E-state index >= 15 is 0 Å². The first-order chi connectivity index (χ1) is 8.17. The number of carbonyl (C=O) groups is 1. The van der Waals surface area contributed by atoms with Crippen molar-refractivity contribution in [1.82, 2.24) is 0 Å². The summed E-state index contributed by atoms with van der Waals surface area (Å²) < 4.78 is 16.0. The van der Waals surface area contributed by atoms with Crippen molar-refractivity contribution >= 4 is 5.97 Å². The van der Waals surface area contributed by atoms with Crippen LogP contribution in [-0.4, -0.2) is 38.5 Å². The zero-order valence-electron chi connectivity index (χ0n) is 10.8. The second-order valence-corrected chi connectivity index (χ2v) is 4.52. The van der Waals surface area contributed by atoms with Crippen LogP contribution in [0.1, 0.15) is 32.6 Å². The van der Waals surface area contributed by atoms with Crippen LogP contribution in [0.25, 0.3) is 0 Å². The van der Waals surface area contributed by atoms with Gasteiger partial charge < -0.3 is 14.2 Å². The lowest BCUT2D eigenvalue weighted by molar-refractivity contribution is -0.161. The first kappa shape index (κ1) is 14.5. The highest BCUT2D eigenvalue weighted by Gasteiger charge is 2.32. The fourth-order valence-corrected chi connectivity index (χ4v) is 2.25. The van der Waals surface area contributed by atoms with Crippen molar-refractivity contribution in [2.24, 2.45) is 5.92 Å². The number of carbonyl (C=O) groups excluding carboxylic acids is 1. The summed E-state index contributed by atoms with van der Waals surface area (Å²) in [5, 5.41) is 0. The fourth-order valence-electron chi connectivity index (χ4n) is 2.25. The Bertz CT molecular complexity index is 229. The average molecular weight is 243 g/mol. The number of hydrogen-bond acceptors (Lipinski definition) is 4. The first-order valence-corrected chi connectivity index (χ1v) is 6.24. The molecule has 99 valence electrons. The molecule has 1 rings (SSSR count). The summed E-state index contributed by atoms with van der Waals surface area (Å²) >= 11 is 0. The Morgan fingerprint density at radius 2 is 2.06 bits per heavy atom. The minimum atomic E-state index is -0.233. The lowest BCUT2D eigenvalue weighted by Gasteiger charge is -2.35. The summed E-state index contributed by atoms with van der Waals surface area (Å²) in [6, 6.07) is 0. The molecule has 0 bridgehead atoms. The fraction of sp³-hybridized carbons (Fsp3) is 0.846. The molecule has 0 aromatic heterocycles. The van der Waals surface area contributed by atoms with E-state index in [1.807, 2.05) is 0 Å². The molecule has 0 aliphatic heterocycles. The van der Waals surface area contributed by atoms with Crippen molar-refractivity contribution in [3.63, 3.8) is 0 Å². The molecule has 1 fully saturated rings. The van der Waals surface area contributed by atoms with Crippen molar-refractivity contribution in [3.05, 3.63) is 6.92 Å². The predicted molar refractivity (Wildman–Crippen MR) is 64.5 cm³/mol. The molecule has 3 atom stereocenters. The van der Waals surface area contributed by atoms with Gasteiger partial charge in [-0.05, 0) is 25.2 Å². The van der Waals surface area contributed by atoms with Crippen LogP contribution in [0.5, 0.6) is 0 Å². The third-order valence-electron chi connectivity index (χ3n) is 3.18. The van der Waals surface area contributed by atoms with Gasteiger partial charge in [0.2, 0.25) is 0 Å².